The Morgan fingerprint density at radius 2 is 1.54 bits per heavy atom. The number of likely N-dealkylation sites (N-methyl/N-ethyl adjacent to an activating group) is 1. The van der Waals surface area contributed by atoms with Crippen LogP contribution in [0.1, 0.15) is 135 Å². The summed E-state index contributed by atoms with van der Waals surface area (Å²) in [6.45, 7) is 18.6. The summed E-state index contributed by atoms with van der Waals surface area (Å²) in [5, 5.41) is 3.74. The van der Waals surface area contributed by atoms with Gasteiger partial charge in [-0.15, -0.1) is 0 Å². The fourth-order valence-electron chi connectivity index (χ4n) is 13.8. The molecule has 0 radical (unpaired) electrons. The Labute approximate surface area is 280 Å². The molecule has 1 aromatic rings. The zero-order valence-electron chi connectivity index (χ0n) is 30.8. The molecule has 256 valence electrons. The molecule has 0 bridgehead atoms. The second kappa shape index (κ2) is 11.6. The molecule has 10 atom stereocenters. The van der Waals surface area contributed by atoms with Crippen LogP contribution in [-0.2, 0) is 9.53 Å². The molecular formula is C41H64N2O3. The maximum Gasteiger partial charge on any atom is 0.337 e. The number of benzene rings is 1. The van der Waals surface area contributed by atoms with Gasteiger partial charge in [0.15, 0.2) is 0 Å². The monoisotopic (exact) mass is 632 g/mol. The van der Waals surface area contributed by atoms with Crippen molar-refractivity contribution in [2.24, 2.45) is 57.2 Å². The predicted molar refractivity (Wildman–Crippen MR) is 187 cm³/mol. The number of hydrogen-bond acceptors (Lipinski definition) is 4. The molecule has 5 aliphatic rings. The third-order valence-electron chi connectivity index (χ3n) is 16.0. The molecule has 5 aliphatic carbocycles. The highest BCUT2D eigenvalue weighted by Crippen LogP contribution is 2.77. The molecule has 5 heteroatoms. The van der Waals surface area contributed by atoms with Crippen LogP contribution in [0.25, 0.3) is 0 Å². The smallest absolute Gasteiger partial charge is 0.337 e. The van der Waals surface area contributed by atoms with Crippen LogP contribution in [0.15, 0.2) is 24.3 Å². The number of rotatable bonds is 6. The van der Waals surface area contributed by atoms with Gasteiger partial charge in [0.05, 0.1) is 19.2 Å². The minimum atomic E-state index is -0.258. The van der Waals surface area contributed by atoms with E-state index in [0.717, 1.165) is 18.8 Å². The number of methoxy groups -OCH3 is 1. The maximum absolute atomic E-state index is 13.3. The molecule has 0 heterocycles. The van der Waals surface area contributed by atoms with Crippen LogP contribution in [0.5, 0.6) is 0 Å². The molecule has 1 amide bonds. The molecule has 1 aromatic carbocycles. The normalized spacial score (nSPS) is 42.9. The van der Waals surface area contributed by atoms with Gasteiger partial charge in [0.1, 0.15) is 0 Å². The molecule has 0 aliphatic heterocycles. The van der Waals surface area contributed by atoms with Crippen LogP contribution in [0.4, 0.5) is 0 Å². The Morgan fingerprint density at radius 1 is 0.848 bits per heavy atom. The molecule has 0 spiro atoms. The van der Waals surface area contributed by atoms with Gasteiger partial charge in [-0.3, -0.25) is 4.79 Å². The van der Waals surface area contributed by atoms with Crippen molar-refractivity contribution in [3.05, 3.63) is 35.4 Å². The van der Waals surface area contributed by atoms with E-state index in [1.54, 1.807) is 0 Å². The van der Waals surface area contributed by atoms with E-state index in [2.05, 4.69) is 65.9 Å². The minimum Gasteiger partial charge on any atom is -0.465 e. The second-order valence-corrected chi connectivity index (χ2v) is 18.6. The Balaban J connectivity index is 1.29. The highest BCUT2D eigenvalue weighted by Gasteiger charge is 2.71. The Kier molecular flexibility index (Phi) is 8.59. The SMILES string of the molecule is COC(=O)c1ccc(C2CC[C@]3(C)[C@H]4CC[C@@H]5[C@H]6[C@H](C(C)C)CC[C@]6(NC(=O)CN(C)C)CC[C@@]5(C)[C@]4(C)CC[C@H]3C2(C)C)cc1. The Morgan fingerprint density at radius 3 is 2.17 bits per heavy atom. The Hall–Kier alpha value is -1.88. The molecule has 1 N–H and O–H groups in total. The third kappa shape index (κ3) is 4.94. The van der Waals surface area contributed by atoms with Gasteiger partial charge in [-0.05, 0) is 159 Å². The largest absolute Gasteiger partial charge is 0.465 e. The number of esters is 1. The lowest BCUT2D eigenvalue weighted by molar-refractivity contribution is -0.235. The first-order valence-electron chi connectivity index (χ1n) is 18.7. The summed E-state index contributed by atoms with van der Waals surface area (Å²) in [6, 6.07) is 8.31. The number of nitrogens with one attached hydrogen (secondary N) is 1. The summed E-state index contributed by atoms with van der Waals surface area (Å²) in [6.07, 6.45) is 12.6. The molecule has 6 rings (SSSR count). The summed E-state index contributed by atoms with van der Waals surface area (Å²) in [5.41, 5.74) is 3.12. The first kappa shape index (κ1) is 34.0. The topological polar surface area (TPSA) is 58.6 Å². The third-order valence-corrected chi connectivity index (χ3v) is 16.0. The molecular weight excluding hydrogens is 568 g/mol. The molecule has 1 unspecified atom stereocenters. The van der Waals surface area contributed by atoms with Crippen LogP contribution in [0, 0.1) is 57.2 Å². The highest BCUT2D eigenvalue weighted by molar-refractivity contribution is 5.89. The van der Waals surface area contributed by atoms with Gasteiger partial charge in [-0.1, -0.05) is 60.6 Å². The predicted octanol–water partition coefficient (Wildman–Crippen LogP) is 8.72. The summed E-state index contributed by atoms with van der Waals surface area (Å²) in [4.78, 5) is 27.5. The molecule has 46 heavy (non-hydrogen) atoms. The zero-order chi connectivity index (χ0) is 33.4. The van der Waals surface area contributed by atoms with E-state index in [4.69, 9.17) is 4.74 Å². The van der Waals surface area contributed by atoms with Gasteiger partial charge < -0.3 is 15.0 Å². The van der Waals surface area contributed by atoms with E-state index in [1.165, 1.54) is 64.0 Å². The molecule has 0 saturated heterocycles. The number of carbonyl (C=O) groups is 2. The average Bonchev–Trinajstić information content (AvgIpc) is 3.36. The van der Waals surface area contributed by atoms with Crippen LogP contribution >= 0.6 is 0 Å². The van der Waals surface area contributed by atoms with Crippen LogP contribution in [0.3, 0.4) is 0 Å². The van der Waals surface area contributed by atoms with Crippen LogP contribution in [-0.4, -0.2) is 50.1 Å². The fourth-order valence-corrected chi connectivity index (χ4v) is 13.8. The van der Waals surface area contributed by atoms with E-state index in [1.807, 2.05) is 31.1 Å². The lowest BCUT2D eigenvalue weighted by atomic mass is 9.32. The summed E-state index contributed by atoms with van der Waals surface area (Å²) in [7, 11) is 5.47. The number of ether oxygens (including phenoxy) is 1. The number of nitrogens with zero attached hydrogens (tertiary/aromatic N) is 1. The second-order valence-electron chi connectivity index (χ2n) is 18.6. The van der Waals surface area contributed by atoms with Crippen molar-refractivity contribution < 1.29 is 14.3 Å². The maximum atomic E-state index is 13.3. The highest BCUT2D eigenvalue weighted by atomic mass is 16.5. The summed E-state index contributed by atoms with van der Waals surface area (Å²) >= 11 is 0. The zero-order valence-corrected chi connectivity index (χ0v) is 30.8. The number of amides is 1. The van der Waals surface area contributed by atoms with E-state index in [9.17, 15) is 9.59 Å². The van der Waals surface area contributed by atoms with Gasteiger partial charge in [0, 0.05) is 5.54 Å². The van der Waals surface area contributed by atoms with Crippen molar-refractivity contribution in [2.45, 2.75) is 124 Å². The van der Waals surface area contributed by atoms with E-state index >= 15 is 0 Å². The van der Waals surface area contributed by atoms with E-state index in [0.29, 0.717) is 63.9 Å². The Bertz CT molecular complexity index is 1320. The van der Waals surface area contributed by atoms with Crippen molar-refractivity contribution in [2.75, 3.05) is 27.7 Å². The van der Waals surface area contributed by atoms with Gasteiger partial charge in [-0.25, -0.2) is 4.79 Å². The molecule has 0 aromatic heterocycles. The van der Waals surface area contributed by atoms with E-state index in [-0.39, 0.29) is 22.8 Å². The van der Waals surface area contributed by atoms with Crippen molar-refractivity contribution in [3.8, 4) is 0 Å². The van der Waals surface area contributed by atoms with Crippen LogP contribution in [0.2, 0.25) is 0 Å². The standard InChI is InChI=1S/C41H64N2O3/c1-26(2)29-17-22-41(42-34(44)25-43(8)9)24-23-39(6)31(35(29)41)15-16-33-38(5)20-18-30(27-11-13-28(14-12-27)36(45)46-10)37(3,4)32(38)19-21-40(33,39)7/h11-14,26,29-33,35H,15-25H2,1-10H3,(H,42,44)/t29-,30?,31+,32-,33+,35+,38-,39+,40+,41-/m0/s1. The number of hydrogen-bond donors (Lipinski definition) is 1. The van der Waals surface area contributed by atoms with Gasteiger partial charge in [0.2, 0.25) is 5.91 Å². The number of carbonyl (C=O) groups excluding carboxylic acids is 2. The summed E-state index contributed by atoms with van der Waals surface area (Å²) in [5.74, 6) is 4.47. The lowest BCUT2D eigenvalue weighted by Gasteiger charge is -2.73. The lowest BCUT2D eigenvalue weighted by Crippen LogP contribution is -2.69. The van der Waals surface area contributed by atoms with Gasteiger partial charge in [-0.2, -0.15) is 0 Å². The first-order chi connectivity index (χ1) is 21.5. The van der Waals surface area contributed by atoms with Crippen molar-refractivity contribution >= 4 is 11.9 Å². The van der Waals surface area contributed by atoms with Crippen molar-refractivity contribution in [1.82, 2.24) is 10.2 Å². The van der Waals surface area contributed by atoms with Crippen molar-refractivity contribution in [1.29, 1.82) is 0 Å². The molecule has 5 fully saturated rings. The van der Waals surface area contributed by atoms with Gasteiger partial charge >= 0.3 is 5.97 Å². The minimum absolute atomic E-state index is 0.0278. The van der Waals surface area contributed by atoms with Crippen LogP contribution < -0.4 is 5.32 Å². The summed E-state index contributed by atoms with van der Waals surface area (Å²) < 4.78 is 4.97. The van der Waals surface area contributed by atoms with E-state index < -0.39 is 0 Å². The fraction of sp³-hybridized carbons (Fsp3) is 0.805. The van der Waals surface area contributed by atoms with Crippen molar-refractivity contribution in [3.63, 3.8) is 0 Å². The molecule has 5 saturated carbocycles. The number of fused-ring (bicyclic) bond motifs is 7. The average molecular weight is 633 g/mol. The van der Waals surface area contributed by atoms with Gasteiger partial charge in [0.25, 0.3) is 0 Å². The quantitative estimate of drug-likeness (QED) is 0.319. The molecule has 5 nitrogen and oxygen atoms in total. The first-order valence-corrected chi connectivity index (χ1v) is 18.7.